The molecule has 0 aliphatic heterocycles. The third-order valence-electron chi connectivity index (χ3n) is 3.28. The van der Waals surface area contributed by atoms with E-state index in [0.29, 0.717) is 18.2 Å². The Kier molecular flexibility index (Phi) is 4.46. The van der Waals surface area contributed by atoms with Crippen LogP contribution in [0, 0.1) is 13.8 Å². The summed E-state index contributed by atoms with van der Waals surface area (Å²) in [7, 11) is 0. The van der Waals surface area contributed by atoms with E-state index in [9.17, 15) is 4.79 Å². The first-order chi connectivity index (χ1) is 9.93. The molecule has 112 valence electrons. The van der Waals surface area contributed by atoms with Crippen molar-refractivity contribution in [2.24, 2.45) is 0 Å². The fourth-order valence-electron chi connectivity index (χ4n) is 2.15. The summed E-state index contributed by atoms with van der Waals surface area (Å²) in [4.78, 5) is 16.5. The van der Waals surface area contributed by atoms with Gasteiger partial charge >= 0.3 is 5.97 Å². The molecule has 0 atom stereocenters. The van der Waals surface area contributed by atoms with Crippen molar-refractivity contribution in [1.82, 2.24) is 4.98 Å². The Hall–Kier alpha value is -2.10. The second kappa shape index (κ2) is 6.12. The van der Waals surface area contributed by atoms with E-state index in [2.05, 4.69) is 4.98 Å². The van der Waals surface area contributed by atoms with Gasteiger partial charge in [0, 0.05) is 5.56 Å². The molecular weight excluding hydrogens is 266 g/mol. The Labute approximate surface area is 125 Å². The monoisotopic (exact) mass is 287 g/mol. The van der Waals surface area contributed by atoms with Crippen molar-refractivity contribution in [3.63, 3.8) is 0 Å². The van der Waals surface area contributed by atoms with E-state index in [1.807, 2.05) is 45.9 Å². The Morgan fingerprint density at radius 1 is 1.33 bits per heavy atom. The van der Waals surface area contributed by atoms with E-state index in [0.717, 1.165) is 16.7 Å². The molecule has 0 N–H and O–H groups in total. The largest absolute Gasteiger partial charge is 0.460 e. The van der Waals surface area contributed by atoms with Gasteiger partial charge in [-0.25, -0.2) is 9.78 Å². The van der Waals surface area contributed by atoms with Crippen LogP contribution in [0.15, 0.2) is 22.6 Å². The number of benzene rings is 1. The molecule has 1 aromatic heterocycles. The van der Waals surface area contributed by atoms with Crippen LogP contribution in [0.5, 0.6) is 0 Å². The number of hydrogen-bond donors (Lipinski definition) is 0. The smallest absolute Gasteiger partial charge is 0.376 e. The number of aromatic nitrogens is 1. The van der Waals surface area contributed by atoms with Crippen molar-refractivity contribution in [3.8, 4) is 11.5 Å². The minimum absolute atomic E-state index is 0.0898. The second-order valence-electron chi connectivity index (χ2n) is 5.43. The number of ether oxygens (including phenoxy) is 1. The zero-order valence-corrected chi connectivity index (χ0v) is 13.2. The quantitative estimate of drug-likeness (QED) is 0.788. The van der Waals surface area contributed by atoms with Crippen LogP contribution in [0.25, 0.3) is 11.5 Å². The molecule has 0 bridgehead atoms. The van der Waals surface area contributed by atoms with Crippen LogP contribution in [0.1, 0.15) is 54.1 Å². The number of nitrogens with zero attached hydrogens (tertiary/aromatic N) is 1. The van der Waals surface area contributed by atoms with E-state index in [4.69, 9.17) is 9.15 Å². The molecule has 2 rings (SSSR count). The van der Waals surface area contributed by atoms with E-state index in [1.54, 1.807) is 6.92 Å². The molecule has 4 nitrogen and oxygen atoms in total. The number of carbonyl (C=O) groups is 1. The van der Waals surface area contributed by atoms with Crippen LogP contribution in [0.3, 0.4) is 0 Å². The highest BCUT2D eigenvalue weighted by Gasteiger charge is 2.24. The lowest BCUT2D eigenvalue weighted by Gasteiger charge is -2.02. The fourth-order valence-corrected chi connectivity index (χ4v) is 2.15. The molecule has 0 spiro atoms. The second-order valence-corrected chi connectivity index (χ2v) is 5.43. The maximum absolute atomic E-state index is 12.0. The van der Waals surface area contributed by atoms with Crippen molar-refractivity contribution in [2.75, 3.05) is 6.61 Å². The predicted molar refractivity (Wildman–Crippen MR) is 81.5 cm³/mol. The van der Waals surface area contributed by atoms with E-state index in [-0.39, 0.29) is 11.7 Å². The van der Waals surface area contributed by atoms with Crippen molar-refractivity contribution >= 4 is 5.97 Å². The van der Waals surface area contributed by atoms with E-state index < -0.39 is 5.97 Å². The molecule has 0 aliphatic carbocycles. The van der Waals surface area contributed by atoms with Crippen LogP contribution in [0.2, 0.25) is 0 Å². The highest BCUT2D eigenvalue weighted by atomic mass is 16.5. The van der Waals surface area contributed by atoms with Gasteiger partial charge < -0.3 is 9.15 Å². The third-order valence-corrected chi connectivity index (χ3v) is 3.28. The van der Waals surface area contributed by atoms with Crippen molar-refractivity contribution < 1.29 is 13.9 Å². The van der Waals surface area contributed by atoms with Gasteiger partial charge in [0.1, 0.15) is 0 Å². The summed E-state index contributed by atoms with van der Waals surface area (Å²) in [6.45, 7) is 10.1. The van der Waals surface area contributed by atoms with Crippen molar-refractivity contribution in [2.45, 2.75) is 40.5 Å². The number of esters is 1. The van der Waals surface area contributed by atoms with Gasteiger partial charge in [-0.05, 0) is 38.3 Å². The van der Waals surface area contributed by atoms with Gasteiger partial charge in [0.05, 0.1) is 12.3 Å². The first-order valence-corrected chi connectivity index (χ1v) is 7.19. The van der Waals surface area contributed by atoms with Crippen LogP contribution in [-0.4, -0.2) is 17.6 Å². The molecule has 0 amide bonds. The average Bonchev–Trinajstić information content (AvgIpc) is 2.87. The molecule has 21 heavy (non-hydrogen) atoms. The summed E-state index contributed by atoms with van der Waals surface area (Å²) in [6.07, 6.45) is 0. The lowest BCUT2D eigenvalue weighted by Crippen LogP contribution is -2.07. The maximum atomic E-state index is 12.0. The van der Waals surface area contributed by atoms with Crippen LogP contribution in [0.4, 0.5) is 0 Å². The van der Waals surface area contributed by atoms with Gasteiger partial charge in [0.25, 0.3) is 0 Å². The minimum atomic E-state index is -0.453. The number of oxazole rings is 1. The SMILES string of the molecule is CCOC(=O)c1oc(-c2cc(C)ccc2C)nc1C(C)C. The molecule has 0 fully saturated rings. The fraction of sp³-hybridized carbons (Fsp3) is 0.412. The molecule has 0 unspecified atom stereocenters. The third kappa shape index (κ3) is 3.15. The first kappa shape index (κ1) is 15.3. The normalized spacial score (nSPS) is 11.0. The Bertz CT molecular complexity index is 656. The maximum Gasteiger partial charge on any atom is 0.376 e. The molecule has 0 radical (unpaired) electrons. The van der Waals surface area contributed by atoms with Crippen LogP contribution >= 0.6 is 0 Å². The molecule has 4 heteroatoms. The molecule has 0 saturated carbocycles. The van der Waals surface area contributed by atoms with Gasteiger partial charge in [-0.15, -0.1) is 0 Å². The van der Waals surface area contributed by atoms with E-state index >= 15 is 0 Å². The number of rotatable bonds is 4. The Morgan fingerprint density at radius 3 is 2.67 bits per heavy atom. The molecule has 1 heterocycles. The van der Waals surface area contributed by atoms with Gasteiger partial charge in [-0.1, -0.05) is 31.5 Å². The molecule has 1 aromatic carbocycles. The van der Waals surface area contributed by atoms with Crippen LogP contribution in [-0.2, 0) is 4.74 Å². The van der Waals surface area contributed by atoms with Crippen molar-refractivity contribution in [1.29, 1.82) is 0 Å². The summed E-state index contributed by atoms with van der Waals surface area (Å²) in [5, 5.41) is 0. The summed E-state index contributed by atoms with van der Waals surface area (Å²) in [5.74, 6) is 0.322. The summed E-state index contributed by atoms with van der Waals surface area (Å²) >= 11 is 0. The van der Waals surface area contributed by atoms with Crippen LogP contribution < -0.4 is 0 Å². The molecule has 0 saturated heterocycles. The number of aryl methyl sites for hydroxylation is 2. The zero-order chi connectivity index (χ0) is 15.6. The predicted octanol–water partition coefficient (Wildman–Crippen LogP) is 4.26. The van der Waals surface area contributed by atoms with Gasteiger partial charge in [0.15, 0.2) is 0 Å². The van der Waals surface area contributed by atoms with Gasteiger partial charge in [-0.3, -0.25) is 0 Å². The van der Waals surface area contributed by atoms with E-state index in [1.165, 1.54) is 0 Å². The molecule has 2 aromatic rings. The minimum Gasteiger partial charge on any atom is -0.460 e. The van der Waals surface area contributed by atoms with Crippen molar-refractivity contribution in [3.05, 3.63) is 40.8 Å². The first-order valence-electron chi connectivity index (χ1n) is 7.19. The lowest BCUT2D eigenvalue weighted by atomic mass is 10.1. The lowest BCUT2D eigenvalue weighted by molar-refractivity contribution is 0.0488. The molecular formula is C17H21NO3. The van der Waals surface area contributed by atoms with Gasteiger partial charge in [-0.2, -0.15) is 0 Å². The summed E-state index contributed by atoms with van der Waals surface area (Å²) in [6, 6.07) is 6.07. The highest BCUT2D eigenvalue weighted by molar-refractivity contribution is 5.88. The zero-order valence-electron chi connectivity index (χ0n) is 13.2. The summed E-state index contributed by atoms with van der Waals surface area (Å²) in [5.41, 5.74) is 3.74. The highest BCUT2D eigenvalue weighted by Crippen LogP contribution is 2.29. The van der Waals surface area contributed by atoms with Gasteiger partial charge in [0.2, 0.25) is 11.7 Å². The summed E-state index contributed by atoms with van der Waals surface area (Å²) < 4.78 is 10.8. The standard InChI is InChI=1S/C17H21NO3/c1-6-20-17(19)15-14(10(2)3)18-16(21-15)13-9-11(4)7-8-12(13)5/h7-10H,6H2,1-5H3. The number of carbonyl (C=O) groups excluding carboxylic acids is 1. The molecule has 0 aliphatic rings. The number of hydrogen-bond acceptors (Lipinski definition) is 4. The Morgan fingerprint density at radius 2 is 2.05 bits per heavy atom. The topological polar surface area (TPSA) is 52.3 Å². The Balaban J connectivity index is 2.53. The average molecular weight is 287 g/mol.